The van der Waals surface area contributed by atoms with Crippen molar-refractivity contribution in [1.29, 1.82) is 0 Å². The minimum Gasteiger partial charge on any atom is -0.294 e. The van der Waals surface area contributed by atoms with Gasteiger partial charge < -0.3 is 0 Å². The molecule has 0 aliphatic heterocycles. The molecule has 0 atom stereocenters. The Hall–Kier alpha value is -1.87. The van der Waals surface area contributed by atoms with Crippen LogP contribution in [0.1, 0.15) is 16.7 Å². The fourth-order valence-corrected chi connectivity index (χ4v) is 1.99. The summed E-state index contributed by atoms with van der Waals surface area (Å²) in [6.07, 6.45) is 0.316. The van der Waals surface area contributed by atoms with Crippen LogP contribution in [0.25, 0.3) is 10.8 Å². The van der Waals surface area contributed by atoms with Gasteiger partial charge in [0.25, 0.3) is 0 Å². The van der Waals surface area contributed by atoms with Crippen LogP contribution in [0.5, 0.6) is 0 Å². The molecule has 0 fully saturated rings. The highest BCUT2D eigenvalue weighted by molar-refractivity contribution is 5.91. The Morgan fingerprint density at radius 2 is 1.94 bits per heavy atom. The molecule has 2 rings (SSSR count). The van der Waals surface area contributed by atoms with Gasteiger partial charge in [-0.2, -0.15) is 0 Å². The van der Waals surface area contributed by atoms with Gasteiger partial charge in [-0.3, -0.25) is 10.2 Å². The summed E-state index contributed by atoms with van der Waals surface area (Å²) in [5.74, 6) is 4.95. The van der Waals surface area contributed by atoms with Crippen molar-refractivity contribution in [2.75, 3.05) is 0 Å². The zero-order chi connectivity index (χ0) is 12.4. The molecule has 3 N–H and O–H groups in total. The Bertz CT molecular complexity index is 576. The minimum absolute atomic E-state index is 0.171. The van der Waals surface area contributed by atoms with Crippen LogP contribution in [0.2, 0.25) is 0 Å². The van der Waals surface area contributed by atoms with Gasteiger partial charge in [-0.1, -0.05) is 30.3 Å². The summed E-state index contributed by atoms with van der Waals surface area (Å²) in [5, 5.41) is 2.29. The second kappa shape index (κ2) is 4.55. The van der Waals surface area contributed by atoms with E-state index in [0.29, 0.717) is 6.42 Å². The van der Waals surface area contributed by atoms with Crippen LogP contribution >= 0.6 is 0 Å². The Kier molecular flexibility index (Phi) is 3.11. The fraction of sp³-hybridized carbons (Fsp3) is 0.214. The number of hydrogen-bond donors (Lipinski definition) is 2. The van der Waals surface area contributed by atoms with Crippen molar-refractivity contribution in [3.05, 3.63) is 47.0 Å². The van der Waals surface area contributed by atoms with Crippen LogP contribution in [0.15, 0.2) is 30.3 Å². The first-order chi connectivity index (χ1) is 8.11. The third-order valence-corrected chi connectivity index (χ3v) is 3.10. The summed E-state index contributed by atoms with van der Waals surface area (Å²) in [7, 11) is 0. The van der Waals surface area contributed by atoms with E-state index in [-0.39, 0.29) is 5.91 Å². The highest BCUT2D eigenvalue weighted by Crippen LogP contribution is 2.23. The minimum atomic E-state index is -0.171. The van der Waals surface area contributed by atoms with Gasteiger partial charge in [-0.15, -0.1) is 0 Å². The monoisotopic (exact) mass is 228 g/mol. The molecule has 3 nitrogen and oxygen atoms in total. The van der Waals surface area contributed by atoms with Gasteiger partial charge in [-0.05, 0) is 41.3 Å². The Morgan fingerprint density at radius 3 is 2.65 bits per heavy atom. The summed E-state index contributed by atoms with van der Waals surface area (Å²) < 4.78 is 0. The molecular weight excluding hydrogens is 212 g/mol. The predicted octanol–water partition coefficient (Wildman–Crippen LogP) is 1.99. The van der Waals surface area contributed by atoms with E-state index in [4.69, 9.17) is 5.84 Å². The number of amides is 1. The number of rotatable bonds is 2. The number of aryl methyl sites for hydroxylation is 2. The quantitative estimate of drug-likeness (QED) is 0.469. The standard InChI is InChI=1S/C14H16N2O/c1-9-6-11-4-3-5-12(8-14(17)16-15)13(11)7-10(9)2/h3-7H,8,15H2,1-2H3,(H,16,17). The van der Waals surface area contributed by atoms with Crippen molar-refractivity contribution in [2.45, 2.75) is 20.3 Å². The van der Waals surface area contributed by atoms with Gasteiger partial charge in [0, 0.05) is 0 Å². The van der Waals surface area contributed by atoms with Gasteiger partial charge in [0.05, 0.1) is 6.42 Å². The summed E-state index contributed by atoms with van der Waals surface area (Å²) in [5.41, 5.74) is 5.67. The lowest BCUT2D eigenvalue weighted by molar-refractivity contribution is -0.120. The third kappa shape index (κ3) is 2.29. The lowest BCUT2D eigenvalue weighted by atomic mass is 9.97. The van der Waals surface area contributed by atoms with Crippen molar-refractivity contribution in [2.24, 2.45) is 5.84 Å². The molecule has 2 aromatic rings. The number of carbonyl (C=O) groups excluding carboxylic acids is 1. The molecule has 1 amide bonds. The molecule has 88 valence electrons. The number of hydrogen-bond acceptors (Lipinski definition) is 2. The molecule has 2 aromatic carbocycles. The van der Waals surface area contributed by atoms with Crippen LogP contribution in [-0.2, 0) is 11.2 Å². The van der Waals surface area contributed by atoms with Gasteiger partial charge in [-0.25, -0.2) is 5.84 Å². The second-order valence-corrected chi connectivity index (χ2v) is 4.32. The van der Waals surface area contributed by atoms with Gasteiger partial charge >= 0.3 is 0 Å². The van der Waals surface area contributed by atoms with E-state index >= 15 is 0 Å². The Morgan fingerprint density at radius 1 is 1.24 bits per heavy atom. The van der Waals surface area contributed by atoms with Crippen LogP contribution < -0.4 is 11.3 Å². The molecule has 0 radical (unpaired) electrons. The highest BCUT2D eigenvalue weighted by atomic mass is 16.2. The zero-order valence-corrected chi connectivity index (χ0v) is 10.1. The molecule has 0 saturated heterocycles. The van der Waals surface area contributed by atoms with E-state index in [0.717, 1.165) is 16.3 Å². The number of fused-ring (bicyclic) bond motifs is 1. The summed E-state index contributed by atoms with van der Waals surface area (Å²) in [4.78, 5) is 11.3. The van der Waals surface area contributed by atoms with E-state index in [1.165, 1.54) is 11.1 Å². The SMILES string of the molecule is Cc1cc2cccc(CC(=O)NN)c2cc1C. The van der Waals surface area contributed by atoms with Crippen molar-refractivity contribution in [3.63, 3.8) is 0 Å². The van der Waals surface area contributed by atoms with Crippen molar-refractivity contribution < 1.29 is 4.79 Å². The molecule has 0 saturated carbocycles. The highest BCUT2D eigenvalue weighted by Gasteiger charge is 2.06. The number of benzene rings is 2. The van der Waals surface area contributed by atoms with Crippen LogP contribution in [0.3, 0.4) is 0 Å². The Balaban J connectivity index is 2.56. The summed E-state index contributed by atoms with van der Waals surface area (Å²) >= 11 is 0. The van der Waals surface area contributed by atoms with Crippen LogP contribution in [-0.4, -0.2) is 5.91 Å². The molecule has 0 aliphatic rings. The second-order valence-electron chi connectivity index (χ2n) is 4.32. The number of nitrogens with two attached hydrogens (primary N) is 1. The molecule has 0 aliphatic carbocycles. The van der Waals surface area contributed by atoms with Crippen molar-refractivity contribution in [1.82, 2.24) is 5.43 Å². The average molecular weight is 228 g/mol. The first kappa shape index (κ1) is 11.6. The smallest absolute Gasteiger partial charge is 0.238 e. The maximum atomic E-state index is 11.3. The van der Waals surface area contributed by atoms with Crippen molar-refractivity contribution in [3.8, 4) is 0 Å². The maximum Gasteiger partial charge on any atom is 0.238 e. The van der Waals surface area contributed by atoms with E-state index < -0.39 is 0 Å². The molecule has 3 heteroatoms. The van der Waals surface area contributed by atoms with Crippen molar-refractivity contribution >= 4 is 16.7 Å². The molecule has 0 unspecified atom stereocenters. The summed E-state index contributed by atoms with van der Waals surface area (Å²) in [6, 6.07) is 10.3. The summed E-state index contributed by atoms with van der Waals surface area (Å²) in [6.45, 7) is 4.17. The molecule has 17 heavy (non-hydrogen) atoms. The van der Waals surface area contributed by atoms with E-state index in [1.54, 1.807) is 0 Å². The van der Waals surface area contributed by atoms with Gasteiger partial charge in [0.2, 0.25) is 5.91 Å². The van der Waals surface area contributed by atoms with E-state index in [2.05, 4.69) is 37.5 Å². The first-order valence-corrected chi connectivity index (χ1v) is 5.60. The number of carbonyl (C=O) groups is 1. The van der Waals surface area contributed by atoms with E-state index in [9.17, 15) is 4.79 Å². The third-order valence-electron chi connectivity index (χ3n) is 3.10. The molecule has 0 spiro atoms. The number of nitrogens with one attached hydrogen (secondary N) is 1. The zero-order valence-electron chi connectivity index (χ0n) is 10.1. The number of hydrazine groups is 1. The maximum absolute atomic E-state index is 11.3. The van der Waals surface area contributed by atoms with Gasteiger partial charge in [0.15, 0.2) is 0 Å². The first-order valence-electron chi connectivity index (χ1n) is 5.60. The molecular formula is C14H16N2O. The van der Waals surface area contributed by atoms with Crippen LogP contribution in [0.4, 0.5) is 0 Å². The average Bonchev–Trinajstić information content (AvgIpc) is 2.31. The van der Waals surface area contributed by atoms with Gasteiger partial charge in [0.1, 0.15) is 0 Å². The molecule has 0 bridgehead atoms. The normalized spacial score (nSPS) is 10.5. The largest absolute Gasteiger partial charge is 0.294 e. The Labute approximate surface area is 101 Å². The molecule has 0 aromatic heterocycles. The lowest BCUT2D eigenvalue weighted by Crippen LogP contribution is -2.31. The van der Waals surface area contributed by atoms with E-state index in [1.807, 2.05) is 12.1 Å². The van der Waals surface area contributed by atoms with Crippen LogP contribution in [0, 0.1) is 13.8 Å². The molecule has 0 heterocycles. The lowest BCUT2D eigenvalue weighted by Gasteiger charge is -2.08. The fourth-order valence-electron chi connectivity index (χ4n) is 1.99. The topological polar surface area (TPSA) is 55.1 Å². The predicted molar refractivity (Wildman–Crippen MR) is 69.5 cm³/mol.